The molecule has 1 aromatic heterocycles. The first-order valence-electron chi connectivity index (χ1n) is 14.3. The van der Waals surface area contributed by atoms with E-state index in [1.165, 1.54) is 34.0 Å². The number of anilines is 1. The maximum atomic E-state index is 14.2. The molecule has 4 aromatic rings. The minimum Gasteiger partial charge on any atom is -0.497 e. The second-order valence-electron chi connectivity index (χ2n) is 10.3. The lowest BCUT2D eigenvalue weighted by Crippen LogP contribution is -2.46. The third-order valence-corrected chi connectivity index (χ3v) is 7.37. The SMILES string of the molecule is COc1ccc(-c2nnn(CC(=O)N(c3ccc4c(c3)OCCO4)[C@@H](C(=O)NC[C@@H]3CCCO3)c3ccc(F)cc3)n2)cc1. The van der Waals surface area contributed by atoms with E-state index < -0.39 is 23.7 Å². The molecule has 12 nitrogen and oxygen atoms in total. The van der Waals surface area contributed by atoms with Crippen molar-refractivity contribution in [3.8, 4) is 28.6 Å². The lowest BCUT2D eigenvalue weighted by atomic mass is 10.0. The summed E-state index contributed by atoms with van der Waals surface area (Å²) in [5, 5.41) is 15.5. The Hall–Kier alpha value is -5.04. The Morgan fingerprint density at radius 2 is 1.82 bits per heavy atom. The molecular weight excluding hydrogens is 571 g/mol. The summed E-state index contributed by atoms with van der Waals surface area (Å²) in [5.74, 6) is 0.511. The van der Waals surface area contributed by atoms with E-state index in [4.69, 9.17) is 18.9 Å². The van der Waals surface area contributed by atoms with Crippen LogP contribution in [0.3, 0.4) is 0 Å². The zero-order chi connectivity index (χ0) is 30.5. The summed E-state index contributed by atoms with van der Waals surface area (Å²) in [6, 6.07) is 16.4. The molecule has 2 amide bonds. The zero-order valence-electron chi connectivity index (χ0n) is 24.0. The molecule has 2 atom stereocenters. The largest absolute Gasteiger partial charge is 0.497 e. The van der Waals surface area contributed by atoms with Crippen molar-refractivity contribution in [1.82, 2.24) is 25.5 Å². The summed E-state index contributed by atoms with van der Waals surface area (Å²) < 4.78 is 36.3. The van der Waals surface area contributed by atoms with Crippen molar-refractivity contribution in [2.75, 3.05) is 38.4 Å². The number of fused-ring (bicyclic) bond motifs is 1. The number of nitrogens with one attached hydrogen (secondary N) is 1. The van der Waals surface area contributed by atoms with Crippen LogP contribution in [0.15, 0.2) is 66.7 Å². The van der Waals surface area contributed by atoms with E-state index >= 15 is 0 Å². The second kappa shape index (κ2) is 13.1. The van der Waals surface area contributed by atoms with Gasteiger partial charge in [-0.3, -0.25) is 14.5 Å². The highest BCUT2D eigenvalue weighted by atomic mass is 19.1. The van der Waals surface area contributed by atoms with E-state index in [1.54, 1.807) is 49.6 Å². The Bertz CT molecular complexity index is 1610. The second-order valence-corrected chi connectivity index (χ2v) is 10.3. The maximum Gasteiger partial charge on any atom is 0.251 e. The molecule has 0 aliphatic carbocycles. The van der Waals surface area contributed by atoms with E-state index in [9.17, 15) is 14.0 Å². The lowest BCUT2D eigenvalue weighted by Gasteiger charge is -2.32. The van der Waals surface area contributed by atoms with Crippen LogP contribution in [-0.2, 0) is 20.9 Å². The number of methoxy groups -OCH3 is 1. The van der Waals surface area contributed by atoms with E-state index in [1.807, 2.05) is 0 Å². The van der Waals surface area contributed by atoms with Crippen LogP contribution in [0.5, 0.6) is 17.2 Å². The number of amides is 2. The van der Waals surface area contributed by atoms with Crippen LogP contribution in [0.2, 0.25) is 0 Å². The highest BCUT2D eigenvalue weighted by molar-refractivity contribution is 6.01. The molecular formula is C31H31FN6O6. The van der Waals surface area contributed by atoms with Crippen LogP contribution in [0.25, 0.3) is 11.4 Å². The van der Waals surface area contributed by atoms with Gasteiger partial charge in [0.25, 0.3) is 5.91 Å². The zero-order valence-corrected chi connectivity index (χ0v) is 24.0. The molecule has 6 rings (SSSR count). The van der Waals surface area contributed by atoms with Crippen molar-refractivity contribution in [3.63, 3.8) is 0 Å². The van der Waals surface area contributed by atoms with Crippen molar-refractivity contribution in [1.29, 1.82) is 0 Å². The molecule has 2 aliphatic heterocycles. The van der Waals surface area contributed by atoms with E-state index in [2.05, 4.69) is 20.7 Å². The quantitative estimate of drug-likeness (QED) is 0.291. The van der Waals surface area contributed by atoms with Crippen molar-refractivity contribution in [2.45, 2.75) is 31.5 Å². The van der Waals surface area contributed by atoms with Crippen LogP contribution < -0.4 is 24.4 Å². The first kappa shape index (κ1) is 29.1. The fraction of sp³-hybridized carbons (Fsp3) is 0.323. The number of halogens is 1. The standard InChI is InChI=1S/C31H31FN6O6/c1-41-24-11-6-21(7-12-24)30-34-36-37(35-30)19-28(39)38(23-10-13-26-27(17-23)44-16-15-43-26)29(20-4-8-22(32)9-5-20)31(40)33-18-25-3-2-14-42-25/h4-13,17,25,29H,2-3,14-16,18-19H2,1H3,(H,33,40)/t25-,29+/m0/s1. The number of rotatable bonds is 10. The Kier molecular flexibility index (Phi) is 8.64. The number of tetrazole rings is 1. The summed E-state index contributed by atoms with van der Waals surface area (Å²) >= 11 is 0. The molecule has 1 fully saturated rings. The molecule has 228 valence electrons. The average Bonchev–Trinajstić information content (AvgIpc) is 3.75. The molecule has 44 heavy (non-hydrogen) atoms. The lowest BCUT2D eigenvalue weighted by molar-refractivity contribution is -0.127. The summed E-state index contributed by atoms with van der Waals surface area (Å²) in [5.41, 5.74) is 1.46. The van der Waals surface area contributed by atoms with Crippen LogP contribution >= 0.6 is 0 Å². The molecule has 3 heterocycles. The van der Waals surface area contributed by atoms with Gasteiger partial charge in [0.2, 0.25) is 11.7 Å². The molecule has 0 saturated carbocycles. The number of hydrogen-bond acceptors (Lipinski definition) is 9. The van der Waals surface area contributed by atoms with Crippen LogP contribution in [0.4, 0.5) is 10.1 Å². The van der Waals surface area contributed by atoms with Gasteiger partial charge in [0, 0.05) is 30.5 Å². The molecule has 13 heteroatoms. The van der Waals surface area contributed by atoms with E-state index in [0.29, 0.717) is 59.7 Å². The minimum atomic E-state index is -1.17. The third kappa shape index (κ3) is 6.47. The van der Waals surface area contributed by atoms with Crippen molar-refractivity contribution >= 4 is 17.5 Å². The summed E-state index contributed by atoms with van der Waals surface area (Å²) in [6.45, 7) is 1.30. The Morgan fingerprint density at radius 3 is 2.55 bits per heavy atom. The monoisotopic (exact) mass is 602 g/mol. The normalized spacial score (nSPS) is 16.3. The van der Waals surface area contributed by atoms with Crippen molar-refractivity contribution in [2.24, 2.45) is 0 Å². The van der Waals surface area contributed by atoms with Crippen LogP contribution in [0, 0.1) is 5.82 Å². The average molecular weight is 603 g/mol. The van der Waals surface area contributed by atoms with Crippen LogP contribution in [0.1, 0.15) is 24.4 Å². The van der Waals surface area contributed by atoms with Crippen molar-refractivity contribution < 1.29 is 32.9 Å². The molecule has 1 N–H and O–H groups in total. The predicted octanol–water partition coefficient (Wildman–Crippen LogP) is 3.33. The maximum absolute atomic E-state index is 14.2. The Morgan fingerprint density at radius 1 is 1.05 bits per heavy atom. The van der Waals surface area contributed by atoms with Gasteiger partial charge < -0.3 is 24.3 Å². The van der Waals surface area contributed by atoms with Gasteiger partial charge in [-0.05, 0) is 72.1 Å². The van der Waals surface area contributed by atoms with E-state index in [0.717, 1.165) is 12.8 Å². The first-order valence-corrected chi connectivity index (χ1v) is 14.3. The number of nitrogens with zero attached hydrogens (tertiary/aromatic N) is 5. The summed E-state index contributed by atoms with van der Waals surface area (Å²) in [7, 11) is 1.57. The molecule has 1 saturated heterocycles. The van der Waals surface area contributed by atoms with Crippen molar-refractivity contribution in [3.05, 3.63) is 78.1 Å². The fourth-order valence-electron chi connectivity index (χ4n) is 5.16. The number of carbonyl (C=O) groups excluding carboxylic acids is 2. The highest BCUT2D eigenvalue weighted by Crippen LogP contribution is 2.37. The van der Waals surface area contributed by atoms with Gasteiger partial charge in [-0.25, -0.2) is 4.39 Å². The van der Waals surface area contributed by atoms with Gasteiger partial charge in [0.15, 0.2) is 11.5 Å². The number of ether oxygens (including phenoxy) is 4. The fourth-order valence-corrected chi connectivity index (χ4v) is 5.16. The van der Waals surface area contributed by atoms with Gasteiger partial charge >= 0.3 is 0 Å². The van der Waals surface area contributed by atoms with Gasteiger partial charge in [-0.2, -0.15) is 4.80 Å². The number of hydrogen-bond donors (Lipinski definition) is 1. The van der Waals surface area contributed by atoms with Gasteiger partial charge in [-0.15, -0.1) is 10.2 Å². The predicted molar refractivity (Wildman–Crippen MR) is 156 cm³/mol. The third-order valence-electron chi connectivity index (χ3n) is 7.37. The highest BCUT2D eigenvalue weighted by Gasteiger charge is 2.35. The topological polar surface area (TPSA) is 130 Å². The Labute approximate surface area is 252 Å². The van der Waals surface area contributed by atoms with Gasteiger partial charge in [0.1, 0.15) is 37.4 Å². The van der Waals surface area contributed by atoms with Gasteiger partial charge in [0.05, 0.1) is 13.2 Å². The minimum absolute atomic E-state index is 0.123. The first-order chi connectivity index (χ1) is 21.5. The van der Waals surface area contributed by atoms with E-state index in [-0.39, 0.29) is 19.2 Å². The van der Waals surface area contributed by atoms with Crippen LogP contribution in [-0.4, -0.2) is 71.6 Å². The smallest absolute Gasteiger partial charge is 0.251 e. The molecule has 0 spiro atoms. The molecule has 3 aromatic carbocycles. The summed E-state index contributed by atoms with van der Waals surface area (Å²) in [4.78, 5) is 30.6. The van der Waals surface area contributed by atoms with Gasteiger partial charge in [-0.1, -0.05) is 12.1 Å². The molecule has 0 radical (unpaired) electrons. The number of aromatic nitrogens is 4. The summed E-state index contributed by atoms with van der Waals surface area (Å²) in [6.07, 6.45) is 1.61. The molecule has 2 aliphatic rings. The number of carbonyl (C=O) groups is 2. The number of benzene rings is 3. The molecule has 0 unspecified atom stereocenters. The molecule has 0 bridgehead atoms. The Balaban J connectivity index is 1.34.